The summed E-state index contributed by atoms with van der Waals surface area (Å²) in [6, 6.07) is 4.98. The normalized spacial score (nSPS) is 10.1. The minimum Gasteiger partial charge on any atom is -0.373 e. The van der Waals surface area contributed by atoms with E-state index in [9.17, 15) is 10.1 Å². The van der Waals surface area contributed by atoms with Crippen molar-refractivity contribution in [2.45, 2.75) is 26.3 Å². The predicted octanol–water partition coefficient (Wildman–Crippen LogP) is 2.16. The number of nitrogens with one attached hydrogen (secondary N) is 1. The summed E-state index contributed by atoms with van der Waals surface area (Å²) >= 11 is 0. The van der Waals surface area contributed by atoms with E-state index in [1.807, 2.05) is 18.7 Å². The molecule has 0 unspecified atom stereocenters. The number of nitro groups is 1. The fourth-order valence-corrected chi connectivity index (χ4v) is 1.69. The molecule has 1 N–H and O–H groups in total. The van der Waals surface area contributed by atoms with Crippen LogP contribution in [0.4, 0.5) is 17.3 Å². The van der Waals surface area contributed by atoms with Crippen molar-refractivity contribution in [1.29, 1.82) is 5.26 Å². The Labute approximate surface area is 112 Å². The van der Waals surface area contributed by atoms with E-state index in [2.05, 4.69) is 16.4 Å². The van der Waals surface area contributed by atoms with Crippen LogP contribution in [-0.2, 0) is 0 Å². The summed E-state index contributed by atoms with van der Waals surface area (Å²) in [5, 5.41) is 22.4. The van der Waals surface area contributed by atoms with Crippen LogP contribution in [0.15, 0.2) is 12.1 Å². The zero-order chi connectivity index (χ0) is 14.4. The van der Waals surface area contributed by atoms with Gasteiger partial charge < -0.3 is 10.2 Å². The molecule has 0 atom stereocenters. The van der Waals surface area contributed by atoms with Crippen LogP contribution < -0.4 is 10.2 Å². The molecule has 19 heavy (non-hydrogen) atoms. The van der Waals surface area contributed by atoms with E-state index in [4.69, 9.17) is 5.26 Å². The smallest absolute Gasteiger partial charge is 0.276 e. The van der Waals surface area contributed by atoms with Gasteiger partial charge in [-0.1, -0.05) is 0 Å². The maximum Gasteiger partial charge on any atom is 0.276 e. The SMILES string of the molecule is CNc1cc([N+](=O)[O-])cc(N(CCC#N)C(C)C)n1. The van der Waals surface area contributed by atoms with Gasteiger partial charge in [0.15, 0.2) is 0 Å². The average molecular weight is 263 g/mol. The highest BCUT2D eigenvalue weighted by Crippen LogP contribution is 2.24. The van der Waals surface area contributed by atoms with Crippen LogP contribution in [0.1, 0.15) is 20.3 Å². The third-order valence-corrected chi connectivity index (χ3v) is 2.65. The van der Waals surface area contributed by atoms with Crippen molar-refractivity contribution in [2.24, 2.45) is 0 Å². The van der Waals surface area contributed by atoms with Gasteiger partial charge in [0.25, 0.3) is 5.69 Å². The van der Waals surface area contributed by atoms with Gasteiger partial charge in [-0.05, 0) is 13.8 Å². The third-order valence-electron chi connectivity index (χ3n) is 2.65. The highest BCUT2D eigenvalue weighted by atomic mass is 16.6. The Morgan fingerprint density at radius 2 is 2.26 bits per heavy atom. The Hall–Kier alpha value is -2.36. The Morgan fingerprint density at radius 3 is 2.74 bits per heavy atom. The first-order valence-electron chi connectivity index (χ1n) is 5.97. The van der Waals surface area contributed by atoms with E-state index < -0.39 is 4.92 Å². The van der Waals surface area contributed by atoms with E-state index in [1.54, 1.807) is 7.05 Å². The van der Waals surface area contributed by atoms with Gasteiger partial charge in [0.1, 0.15) is 11.6 Å². The first-order valence-corrected chi connectivity index (χ1v) is 5.97. The zero-order valence-electron chi connectivity index (χ0n) is 11.3. The van der Waals surface area contributed by atoms with Crippen LogP contribution in [-0.4, -0.2) is 29.5 Å². The fraction of sp³-hybridized carbons (Fsp3) is 0.500. The summed E-state index contributed by atoms with van der Waals surface area (Å²) in [7, 11) is 1.66. The van der Waals surface area contributed by atoms with Crippen LogP contribution in [0.25, 0.3) is 0 Å². The number of hydrogen-bond acceptors (Lipinski definition) is 6. The summed E-state index contributed by atoms with van der Waals surface area (Å²) < 4.78 is 0. The molecule has 0 aliphatic heterocycles. The standard InChI is InChI=1S/C12H17N5O2/c1-9(2)16(6-4-5-13)12-8-10(17(18)19)7-11(14-3)15-12/h7-9H,4,6H2,1-3H3,(H,14,15). The lowest BCUT2D eigenvalue weighted by atomic mass is 10.2. The molecule has 0 aliphatic rings. The molecular weight excluding hydrogens is 246 g/mol. The lowest BCUT2D eigenvalue weighted by Crippen LogP contribution is -2.32. The summed E-state index contributed by atoms with van der Waals surface area (Å²) in [6.07, 6.45) is 0.345. The lowest BCUT2D eigenvalue weighted by molar-refractivity contribution is -0.384. The first-order chi connectivity index (χ1) is 8.99. The minimum absolute atomic E-state index is 0.0167. The summed E-state index contributed by atoms with van der Waals surface area (Å²) in [5.74, 6) is 0.940. The maximum absolute atomic E-state index is 10.9. The molecule has 0 amide bonds. The first kappa shape index (κ1) is 14.7. The van der Waals surface area contributed by atoms with E-state index in [1.165, 1.54) is 12.1 Å². The molecule has 7 heteroatoms. The molecule has 0 aromatic carbocycles. The number of hydrogen-bond donors (Lipinski definition) is 1. The molecule has 1 heterocycles. The van der Waals surface area contributed by atoms with Crippen molar-refractivity contribution >= 4 is 17.3 Å². The summed E-state index contributed by atoms with van der Waals surface area (Å²) in [6.45, 7) is 4.40. The second-order valence-corrected chi connectivity index (χ2v) is 4.27. The summed E-state index contributed by atoms with van der Waals surface area (Å²) in [5.41, 5.74) is -0.0167. The van der Waals surface area contributed by atoms with E-state index >= 15 is 0 Å². The molecule has 1 aromatic rings. The van der Waals surface area contributed by atoms with Crippen LogP contribution in [0, 0.1) is 21.4 Å². The quantitative estimate of drug-likeness (QED) is 0.624. The number of aromatic nitrogens is 1. The van der Waals surface area contributed by atoms with Gasteiger partial charge >= 0.3 is 0 Å². The highest BCUT2D eigenvalue weighted by molar-refractivity contribution is 5.56. The summed E-state index contributed by atoms with van der Waals surface area (Å²) in [4.78, 5) is 16.6. The second kappa shape index (κ2) is 6.54. The molecule has 1 aromatic heterocycles. The molecule has 0 fully saturated rings. The molecular formula is C12H17N5O2. The molecule has 0 bridgehead atoms. The molecule has 0 saturated carbocycles. The highest BCUT2D eigenvalue weighted by Gasteiger charge is 2.17. The number of anilines is 2. The Morgan fingerprint density at radius 1 is 1.58 bits per heavy atom. The molecule has 0 saturated heterocycles. The largest absolute Gasteiger partial charge is 0.373 e. The van der Waals surface area contributed by atoms with E-state index in [-0.39, 0.29) is 11.7 Å². The average Bonchev–Trinajstić information content (AvgIpc) is 2.38. The maximum atomic E-state index is 10.9. The van der Waals surface area contributed by atoms with Crippen LogP contribution >= 0.6 is 0 Å². The Balaban J connectivity index is 3.18. The molecule has 102 valence electrons. The van der Waals surface area contributed by atoms with Crippen molar-refractivity contribution in [2.75, 3.05) is 23.8 Å². The van der Waals surface area contributed by atoms with Crippen molar-refractivity contribution < 1.29 is 4.92 Å². The number of rotatable bonds is 6. The molecule has 7 nitrogen and oxygen atoms in total. The van der Waals surface area contributed by atoms with Crippen molar-refractivity contribution in [3.05, 3.63) is 22.2 Å². The van der Waals surface area contributed by atoms with Crippen LogP contribution in [0.2, 0.25) is 0 Å². The van der Waals surface area contributed by atoms with Crippen molar-refractivity contribution in [3.8, 4) is 6.07 Å². The number of nitrogens with zero attached hydrogens (tertiary/aromatic N) is 4. The van der Waals surface area contributed by atoms with E-state index in [0.717, 1.165) is 0 Å². The zero-order valence-corrected chi connectivity index (χ0v) is 11.3. The van der Waals surface area contributed by atoms with Crippen LogP contribution in [0.3, 0.4) is 0 Å². The van der Waals surface area contributed by atoms with Gasteiger partial charge in [-0.2, -0.15) is 5.26 Å². The van der Waals surface area contributed by atoms with Crippen molar-refractivity contribution in [1.82, 2.24) is 4.98 Å². The third kappa shape index (κ3) is 3.81. The topological polar surface area (TPSA) is 95.1 Å². The van der Waals surface area contributed by atoms with Gasteiger partial charge in [0.2, 0.25) is 0 Å². The van der Waals surface area contributed by atoms with Gasteiger partial charge in [0, 0.05) is 19.6 Å². The van der Waals surface area contributed by atoms with Gasteiger partial charge in [-0.15, -0.1) is 0 Å². The van der Waals surface area contributed by atoms with Gasteiger partial charge in [0.05, 0.1) is 29.5 Å². The van der Waals surface area contributed by atoms with Gasteiger partial charge in [-0.3, -0.25) is 10.1 Å². The van der Waals surface area contributed by atoms with Gasteiger partial charge in [-0.25, -0.2) is 4.98 Å². The monoisotopic (exact) mass is 263 g/mol. The van der Waals surface area contributed by atoms with Crippen LogP contribution in [0.5, 0.6) is 0 Å². The fourth-order valence-electron chi connectivity index (χ4n) is 1.69. The molecule has 1 rings (SSSR count). The minimum atomic E-state index is -0.450. The lowest BCUT2D eigenvalue weighted by Gasteiger charge is -2.27. The molecule has 0 spiro atoms. The number of nitriles is 1. The molecule has 0 aliphatic carbocycles. The van der Waals surface area contributed by atoms with Crippen molar-refractivity contribution in [3.63, 3.8) is 0 Å². The number of pyridine rings is 1. The molecule has 0 radical (unpaired) electrons. The second-order valence-electron chi connectivity index (χ2n) is 4.27. The predicted molar refractivity (Wildman–Crippen MR) is 73.2 cm³/mol. The Kier molecular flexibility index (Phi) is 5.06. The van der Waals surface area contributed by atoms with E-state index in [0.29, 0.717) is 24.6 Å². The Bertz CT molecular complexity index is 495.